The fourth-order valence-electron chi connectivity index (χ4n) is 1.87. The molecule has 1 saturated heterocycles. The third-order valence-corrected chi connectivity index (χ3v) is 2.78. The van der Waals surface area contributed by atoms with Gasteiger partial charge in [-0.15, -0.1) is 0 Å². The summed E-state index contributed by atoms with van der Waals surface area (Å²) in [6.45, 7) is 4.58. The predicted octanol–water partition coefficient (Wildman–Crippen LogP) is 1.69. The molecule has 4 heteroatoms. The third-order valence-electron chi connectivity index (χ3n) is 2.78. The number of anilines is 1. The average Bonchev–Trinajstić information content (AvgIpc) is 2.38. The largest absolute Gasteiger partial charge is 0.381 e. The maximum absolute atomic E-state index is 9.03. The van der Waals surface area contributed by atoms with Crippen LogP contribution in [0.5, 0.6) is 0 Å². The van der Waals surface area contributed by atoms with Gasteiger partial charge in [-0.2, -0.15) is 5.26 Å². The van der Waals surface area contributed by atoms with E-state index >= 15 is 0 Å². The highest BCUT2D eigenvalue weighted by atomic mass is 16.6. The molecule has 90 valence electrons. The lowest BCUT2D eigenvalue weighted by molar-refractivity contribution is -0.0818. The molecule has 1 aliphatic heterocycles. The molecule has 1 N–H and O–H groups in total. The van der Waals surface area contributed by atoms with Crippen molar-refractivity contribution < 1.29 is 9.47 Å². The van der Waals surface area contributed by atoms with Crippen LogP contribution in [-0.2, 0) is 9.47 Å². The van der Waals surface area contributed by atoms with Crippen LogP contribution in [-0.4, -0.2) is 32.5 Å². The minimum absolute atomic E-state index is 0.0647. The Bertz CT molecular complexity index is 420. The molecule has 1 aromatic rings. The molecule has 0 amide bonds. The van der Waals surface area contributed by atoms with Gasteiger partial charge in [0.2, 0.25) is 0 Å². The van der Waals surface area contributed by atoms with Crippen molar-refractivity contribution >= 4 is 5.69 Å². The highest BCUT2D eigenvalue weighted by Crippen LogP contribution is 2.19. The van der Waals surface area contributed by atoms with Crippen LogP contribution in [0.1, 0.15) is 11.1 Å². The summed E-state index contributed by atoms with van der Waals surface area (Å²) in [6.07, 6.45) is 0.0647. The van der Waals surface area contributed by atoms with Crippen molar-refractivity contribution in [2.45, 2.75) is 13.0 Å². The maximum atomic E-state index is 9.03. The third kappa shape index (κ3) is 2.96. The minimum atomic E-state index is 0.0647. The van der Waals surface area contributed by atoms with Crippen LogP contribution in [0.4, 0.5) is 5.69 Å². The topological polar surface area (TPSA) is 54.3 Å². The molecular weight excluding hydrogens is 216 g/mol. The smallest absolute Gasteiger partial charge is 0.101 e. The summed E-state index contributed by atoms with van der Waals surface area (Å²) < 4.78 is 10.9. The number of ether oxygens (including phenoxy) is 2. The lowest BCUT2D eigenvalue weighted by Crippen LogP contribution is -2.34. The van der Waals surface area contributed by atoms with Crippen LogP contribution in [0, 0.1) is 18.3 Å². The van der Waals surface area contributed by atoms with E-state index in [4.69, 9.17) is 14.7 Å². The molecule has 4 nitrogen and oxygen atoms in total. The molecular formula is C13H16N2O2. The van der Waals surface area contributed by atoms with Gasteiger partial charge in [-0.3, -0.25) is 0 Å². The highest BCUT2D eigenvalue weighted by molar-refractivity contribution is 5.62. The van der Waals surface area contributed by atoms with Crippen LogP contribution in [0.2, 0.25) is 0 Å². The minimum Gasteiger partial charge on any atom is -0.381 e. The van der Waals surface area contributed by atoms with Gasteiger partial charge in [0.25, 0.3) is 0 Å². The molecule has 0 bridgehead atoms. The van der Waals surface area contributed by atoms with Gasteiger partial charge in [0, 0.05) is 6.54 Å². The number of hydrogen-bond acceptors (Lipinski definition) is 4. The summed E-state index contributed by atoms with van der Waals surface area (Å²) in [7, 11) is 0. The molecule has 1 aromatic carbocycles. The first-order valence-corrected chi connectivity index (χ1v) is 5.74. The first-order chi connectivity index (χ1) is 8.31. The van der Waals surface area contributed by atoms with Gasteiger partial charge in [-0.25, -0.2) is 0 Å². The first kappa shape index (κ1) is 11.9. The Hall–Kier alpha value is -1.57. The highest BCUT2D eigenvalue weighted by Gasteiger charge is 2.15. The molecule has 2 rings (SSSR count). The molecule has 17 heavy (non-hydrogen) atoms. The van der Waals surface area contributed by atoms with E-state index in [1.54, 1.807) is 0 Å². The Kier molecular flexibility index (Phi) is 3.97. The van der Waals surface area contributed by atoms with Crippen molar-refractivity contribution in [2.24, 2.45) is 0 Å². The van der Waals surface area contributed by atoms with Crippen LogP contribution >= 0.6 is 0 Å². The van der Waals surface area contributed by atoms with E-state index in [0.717, 1.165) is 11.3 Å². The maximum Gasteiger partial charge on any atom is 0.101 e. The zero-order chi connectivity index (χ0) is 12.1. The summed E-state index contributed by atoms with van der Waals surface area (Å²) in [6, 6.07) is 7.88. The van der Waals surface area contributed by atoms with Crippen LogP contribution in [0.15, 0.2) is 18.2 Å². The summed E-state index contributed by atoms with van der Waals surface area (Å²) >= 11 is 0. The number of benzene rings is 1. The molecule has 0 aromatic heterocycles. The van der Waals surface area contributed by atoms with Crippen molar-refractivity contribution in [3.05, 3.63) is 29.3 Å². The van der Waals surface area contributed by atoms with Crippen molar-refractivity contribution in [3.63, 3.8) is 0 Å². The Labute approximate surface area is 101 Å². The van der Waals surface area contributed by atoms with Crippen molar-refractivity contribution in [1.29, 1.82) is 5.26 Å². The van der Waals surface area contributed by atoms with Crippen molar-refractivity contribution in [2.75, 3.05) is 31.7 Å². The lowest BCUT2D eigenvalue weighted by atomic mass is 10.1. The van der Waals surface area contributed by atoms with Gasteiger partial charge in [0.15, 0.2) is 0 Å². The van der Waals surface area contributed by atoms with Crippen LogP contribution in [0.3, 0.4) is 0 Å². The van der Waals surface area contributed by atoms with E-state index in [1.165, 1.54) is 0 Å². The Morgan fingerprint density at radius 1 is 1.47 bits per heavy atom. The van der Waals surface area contributed by atoms with E-state index in [9.17, 15) is 0 Å². The van der Waals surface area contributed by atoms with E-state index in [2.05, 4.69) is 11.4 Å². The van der Waals surface area contributed by atoms with Crippen molar-refractivity contribution in [1.82, 2.24) is 0 Å². The SMILES string of the molecule is Cc1cccc(C#N)c1NCC1COCCO1. The molecule has 1 unspecified atom stereocenters. The molecule has 1 aliphatic rings. The number of hydrogen-bond donors (Lipinski definition) is 1. The molecule has 1 atom stereocenters. The van der Waals surface area contributed by atoms with Gasteiger partial charge >= 0.3 is 0 Å². The fourth-order valence-corrected chi connectivity index (χ4v) is 1.87. The second-order valence-corrected chi connectivity index (χ2v) is 4.06. The molecule has 0 radical (unpaired) electrons. The summed E-state index contributed by atoms with van der Waals surface area (Å²) in [5.74, 6) is 0. The predicted molar refractivity (Wildman–Crippen MR) is 64.9 cm³/mol. The average molecular weight is 232 g/mol. The van der Waals surface area contributed by atoms with E-state index in [1.807, 2.05) is 25.1 Å². The van der Waals surface area contributed by atoms with E-state index < -0.39 is 0 Å². The summed E-state index contributed by atoms with van der Waals surface area (Å²) in [5.41, 5.74) is 2.63. The van der Waals surface area contributed by atoms with Crippen LogP contribution < -0.4 is 5.32 Å². The number of nitriles is 1. The number of para-hydroxylation sites is 1. The lowest BCUT2D eigenvalue weighted by Gasteiger charge is -2.24. The Morgan fingerprint density at radius 2 is 2.35 bits per heavy atom. The molecule has 1 fully saturated rings. The normalized spacial score (nSPS) is 19.6. The zero-order valence-electron chi connectivity index (χ0n) is 9.90. The molecule has 0 spiro atoms. The van der Waals surface area contributed by atoms with Gasteiger partial charge in [-0.05, 0) is 18.6 Å². The monoisotopic (exact) mass is 232 g/mol. The van der Waals surface area contributed by atoms with Gasteiger partial charge in [0.1, 0.15) is 6.07 Å². The summed E-state index contributed by atoms with van der Waals surface area (Å²) in [5, 5.41) is 12.3. The van der Waals surface area contributed by atoms with E-state index in [0.29, 0.717) is 31.9 Å². The summed E-state index contributed by atoms with van der Waals surface area (Å²) in [4.78, 5) is 0. The number of nitrogens with zero attached hydrogens (tertiary/aromatic N) is 1. The number of nitrogens with one attached hydrogen (secondary N) is 1. The molecule has 0 saturated carbocycles. The standard InChI is InChI=1S/C13H16N2O2/c1-10-3-2-4-11(7-14)13(10)15-8-12-9-16-5-6-17-12/h2-4,12,15H,5-6,8-9H2,1H3. The second kappa shape index (κ2) is 5.67. The Balaban J connectivity index is 2.00. The Morgan fingerprint density at radius 3 is 3.06 bits per heavy atom. The quantitative estimate of drug-likeness (QED) is 0.861. The molecule has 0 aliphatic carbocycles. The van der Waals surface area contributed by atoms with Crippen LogP contribution in [0.25, 0.3) is 0 Å². The fraction of sp³-hybridized carbons (Fsp3) is 0.462. The second-order valence-electron chi connectivity index (χ2n) is 4.06. The number of aryl methyl sites for hydroxylation is 1. The number of rotatable bonds is 3. The van der Waals surface area contributed by atoms with E-state index in [-0.39, 0.29) is 6.10 Å². The van der Waals surface area contributed by atoms with Crippen molar-refractivity contribution in [3.8, 4) is 6.07 Å². The molecule has 1 heterocycles. The van der Waals surface area contributed by atoms with Gasteiger partial charge in [0.05, 0.1) is 37.2 Å². The first-order valence-electron chi connectivity index (χ1n) is 5.74. The van der Waals surface area contributed by atoms with Gasteiger partial charge in [-0.1, -0.05) is 12.1 Å². The van der Waals surface area contributed by atoms with Gasteiger partial charge < -0.3 is 14.8 Å². The zero-order valence-corrected chi connectivity index (χ0v) is 9.90.